The van der Waals surface area contributed by atoms with Gasteiger partial charge in [-0.2, -0.15) is 8.78 Å². The Morgan fingerprint density at radius 3 is 2.50 bits per heavy atom. The predicted molar refractivity (Wildman–Crippen MR) is 65.9 cm³/mol. The summed E-state index contributed by atoms with van der Waals surface area (Å²) in [6.45, 7) is -1.65. The summed E-state index contributed by atoms with van der Waals surface area (Å²) in [7, 11) is 0. The molecule has 7 heteroatoms. The third kappa shape index (κ3) is 3.37. The maximum Gasteiger partial charge on any atom is 0.387 e. The molecule has 1 unspecified atom stereocenters. The highest BCUT2D eigenvalue weighted by Gasteiger charge is 2.18. The highest BCUT2D eigenvalue weighted by molar-refractivity contribution is 6.37. The molecule has 1 atom stereocenters. The molecule has 1 saturated heterocycles. The third-order valence-corrected chi connectivity index (χ3v) is 3.07. The van der Waals surface area contributed by atoms with Crippen LogP contribution in [0.15, 0.2) is 12.1 Å². The molecule has 18 heavy (non-hydrogen) atoms. The van der Waals surface area contributed by atoms with Crippen molar-refractivity contribution in [2.24, 2.45) is 0 Å². The summed E-state index contributed by atoms with van der Waals surface area (Å²) < 4.78 is 33.7. The van der Waals surface area contributed by atoms with Gasteiger partial charge in [-0.1, -0.05) is 23.2 Å². The Balaban J connectivity index is 2.13. The van der Waals surface area contributed by atoms with E-state index in [1.165, 1.54) is 12.1 Å². The van der Waals surface area contributed by atoms with Gasteiger partial charge in [0.1, 0.15) is 0 Å². The van der Waals surface area contributed by atoms with Crippen molar-refractivity contribution in [2.45, 2.75) is 19.1 Å². The number of alkyl halides is 2. The summed E-state index contributed by atoms with van der Waals surface area (Å²) >= 11 is 11.7. The van der Waals surface area contributed by atoms with E-state index in [1.54, 1.807) is 0 Å². The van der Waals surface area contributed by atoms with Gasteiger partial charge in [0.25, 0.3) is 0 Å². The monoisotopic (exact) mass is 297 g/mol. The second-order valence-corrected chi connectivity index (χ2v) is 4.67. The van der Waals surface area contributed by atoms with Crippen molar-refractivity contribution >= 4 is 28.9 Å². The van der Waals surface area contributed by atoms with Gasteiger partial charge >= 0.3 is 6.61 Å². The first-order chi connectivity index (χ1) is 8.56. The average Bonchev–Trinajstić information content (AvgIpc) is 2.76. The largest absolute Gasteiger partial charge is 0.432 e. The molecule has 100 valence electrons. The SMILES string of the molecule is FC(F)Oc1c(Cl)cc(NC2CCOC2)cc1Cl. The van der Waals surface area contributed by atoms with Gasteiger partial charge < -0.3 is 14.8 Å². The van der Waals surface area contributed by atoms with Crippen LogP contribution in [0.25, 0.3) is 0 Å². The highest BCUT2D eigenvalue weighted by atomic mass is 35.5. The van der Waals surface area contributed by atoms with Gasteiger partial charge in [0.15, 0.2) is 5.75 Å². The molecule has 0 amide bonds. The van der Waals surface area contributed by atoms with Crippen LogP contribution in [0.2, 0.25) is 10.0 Å². The van der Waals surface area contributed by atoms with E-state index in [0.717, 1.165) is 6.42 Å². The number of ether oxygens (including phenoxy) is 2. The topological polar surface area (TPSA) is 30.5 Å². The minimum Gasteiger partial charge on any atom is -0.432 e. The van der Waals surface area contributed by atoms with E-state index in [-0.39, 0.29) is 21.8 Å². The minimum absolute atomic E-state index is 0.0456. The van der Waals surface area contributed by atoms with E-state index in [0.29, 0.717) is 18.9 Å². The maximum absolute atomic E-state index is 12.1. The fraction of sp³-hybridized carbons (Fsp3) is 0.455. The lowest BCUT2D eigenvalue weighted by Crippen LogP contribution is -2.18. The van der Waals surface area contributed by atoms with Gasteiger partial charge in [0, 0.05) is 12.3 Å². The molecule has 0 aromatic heterocycles. The van der Waals surface area contributed by atoms with E-state index in [4.69, 9.17) is 27.9 Å². The zero-order chi connectivity index (χ0) is 13.1. The van der Waals surface area contributed by atoms with Gasteiger partial charge in [0.2, 0.25) is 0 Å². The average molecular weight is 298 g/mol. The lowest BCUT2D eigenvalue weighted by Gasteiger charge is -2.15. The van der Waals surface area contributed by atoms with E-state index in [9.17, 15) is 8.78 Å². The number of rotatable bonds is 4. The van der Waals surface area contributed by atoms with Crippen molar-refractivity contribution in [3.63, 3.8) is 0 Å². The standard InChI is InChI=1S/C11H11Cl2F2NO2/c12-8-3-7(16-6-1-2-17-5-6)4-9(13)10(8)18-11(14)15/h3-4,6,11,16H,1-2,5H2. The van der Waals surface area contributed by atoms with Crippen LogP contribution in [0.3, 0.4) is 0 Å². The summed E-state index contributed by atoms with van der Waals surface area (Å²) in [6.07, 6.45) is 0.879. The molecule has 1 aromatic carbocycles. The zero-order valence-corrected chi connectivity index (χ0v) is 10.8. The predicted octanol–water partition coefficient (Wildman–Crippen LogP) is 3.80. The molecule has 0 aliphatic carbocycles. The Labute approximate surface area is 113 Å². The first-order valence-corrected chi connectivity index (χ1v) is 6.10. The summed E-state index contributed by atoms with van der Waals surface area (Å²) in [5.41, 5.74) is 0.655. The smallest absolute Gasteiger partial charge is 0.387 e. The first-order valence-electron chi connectivity index (χ1n) is 5.34. The Bertz CT molecular complexity index is 402. The highest BCUT2D eigenvalue weighted by Crippen LogP contribution is 2.37. The van der Waals surface area contributed by atoms with Gasteiger partial charge in [-0.15, -0.1) is 0 Å². The van der Waals surface area contributed by atoms with Crippen molar-refractivity contribution in [3.8, 4) is 5.75 Å². The second-order valence-electron chi connectivity index (χ2n) is 3.85. The molecule has 1 aromatic rings. The number of anilines is 1. The van der Waals surface area contributed by atoms with Gasteiger partial charge in [-0.25, -0.2) is 0 Å². The number of hydrogen-bond donors (Lipinski definition) is 1. The summed E-state index contributed by atoms with van der Waals surface area (Å²) in [4.78, 5) is 0. The van der Waals surface area contributed by atoms with Gasteiger partial charge in [0.05, 0.1) is 22.7 Å². The Morgan fingerprint density at radius 1 is 1.33 bits per heavy atom. The lowest BCUT2D eigenvalue weighted by atomic mass is 10.2. The van der Waals surface area contributed by atoms with Crippen LogP contribution >= 0.6 is 23.2 Å². The summed E-state index contributed by atoms with van der Waals surface area (Å²) in [5, 5.41) is 3.26. The molecule has 0 radical (unpaired) electrons. The van der Waals surface area contributed by atoms with E-state index >= 15 is 0 Å². The molecule has 1 aliphatic rings. The van der Waals surface area contributed by atoms with Crippen LogP contribution < -0.4 is 10.1 Å². The van der Waals surface area contributed by atoms with Crippen LogP contribution in [-0.4, -0.2) is 25.9 Å². The van der Waals surface area contributed by atoms with Crippen LogP contribution in [0, 0.1) is 0 Å². The fourth-order valence-electron chi connectivity index (χ4n) is 1.73. The normalized spacial score (nSPS) is 19.3. The molecule has 0 saturated carbocycles. The van der Waals surface area contributed by atoms with Crippen LogP contribution in [-0.2, 0) is 4.74 Å². The first kappa shape index (κ1) is 13.6. The van der Waals surface area contributed by atoms with E-state index in [2.05, 4.69) is 10.1 Å². The molecule has 2 rings (SSSR count). The molecule has 3 nitrogen and oxygen atoms in total. The van der Waals surface area contributed by atoms with Crippen molar-refractivity contribution < 1.29 is 18.3 Å². The van der Waals surface area contributed by atoms with Crippen molar-refractivity contribution in [1.29, 1.82) is 0 Å². The van der Waals surface area contributed by atoms with Crippen molar-refractivity contribution in [3.05, 3.63) is 22.2 Å². The van der Waals surface area contributed by atoms with E-state index in [1.807, 2.05) is 0 Å². The minimum atomic E-state index is -2.96. The summed E-state index contributed by atoms with van der Waals surface area (Å²) in [6, 6.07) is 3.19. The molecule has 1 aliphatic heterocycles. The Hall–Kier alpha value is -0.780. The Morgan fingerprint density at radius 2 is 2.00 bits per heavy atom. The number of hydrogen-bond acceptors (Lipinski definition) is 3. The Kier molecular flexibility index (Phi) is 4.48. The van der Waals surface area contributed by atoms with Crippen molar-refractivity contribution in [2.75, 3.05) is 18.5 Å². The molecule has 0 spiro atoms. The molecule has 1 N–H and O–H groups in total. The van der Waals surface area contributed by atoms with Crippen LogP contribution in [0.4, 0.5) is 14.5 Å². The van der Waals surface area contributed by atoms with Gasteiger partial charge in [-0.3, -0.25) is 0 Å². The van der Waals surface area contributed by atoms with E-state index < -0.39 is 6.61 Å². The van der Waals surface area contributed by atoms with Gasteiger partial charge in [-0.05, 0) is 18.6 Å². The number of nitrogens with one attached hydrogen (secondary N) is 1. The third-order valence-electron chi connectivity index (χ3n) is 2.51. The second kappa shape index (κ2) is 5.91. The summed E-state index contributed by atoms with van der Waals surface area (Å²) in [5.74, 6) is -0.207. The molecule has 1 heterocycles. The number of benzene rings is 1. The molecular formula is C11H11Cl2F2NO2. The number of halogens is 4. The zero-order valence-electron chi connectivity index (χ0n) is 9.26. The van der Waals surface area contributed by atoms with Crippen LogP contribution in [0.1, 0.15) is 6.42 Å². The molecular weight excluding hydrogens is 287 g/mol. The lowest BCUT2D eigenvalue weighted by molar-refractivity contribution is -0.0497. The molecule has 0 bridgehead atoms. The molecule has 1 fully saturated rings. The van der Waals surface area contributed by atoms with Crippen molar-refractivity contribution in [1.82, 2.24) is 0 Å². The maximum atomic E-state index is 12.1. The fourth-order valence-corrected chi connectivity index (χ4v) is 2.31. The quantitative estimate of drug-likeness (QED) is 0.917. The van der Waals surface area contributed by atoms with Crippen LogP contribution in [0.5, 0.6) is 5.75 Å².